The van der Waals surface area contributed by atoms with Crippen molar-refractivity contribution >= 4 is 5.69 Å². The van der Waals surface area contributed by atoms with E-state index in [9.17, 15) is 0 Å². The topological polar surface area (TPSA) is 38.5 Å². The molecule has 0 saturated carbocycles. The second-order valence-corrected chi connectivity index (χ2v) is 4.63. The summed E-state index contributed by atoms with van der Waals surface area (Å²) in [4.78, 5) is 2.26. The van der Waals surface area contributed by atoms with Crippen LogP contribution >= 0.6 is 0 Å². The minimum Gasteiger partial charge on any atom is -0.379 e. The normalized spacial score (nSPS) is 24.7. The van der Waals surface area contributed by atoms with E-state index < -0.39 is 0 Å². The molecular weight excluding hydrogens is 200 g/mol. The third-order valence-corrected chi connectivity index (χ3v) is 3.60. The highest BCUT2D eigenvalue weighted by Gasteiger charge is 2.37. The third-order valence-electron chi connectivity index (χ3n) is 3.60. The summed E-state index contributed by atoms with van der Waals surface area (Å²) in [5.41, 5.74) is 8.39. The molecule has 1 unspecified atom stereocenters. The second kappa shape index (κ2) is 4.44. The van der Waals surface area contributed by atoms with Crippen LogP contribution in [0.5, 0.6) is 0 Å². The quantitative estimate of drug-likeness (QED) is 0.840. The molecule has 1 saturated heterocycles. The number of rotatable bonds is 3. The van der Waals surface area contributed by atoms with Crippen molar-refractivity contribution in [2.75, 3.05) is 31.7 Å². The number of nitrogens with zero attached hydrogens (tertiary/aromatic N) is 1. The van der Waals surface area contributed by atoms with Gasteiger partial charge < -0.3 is 15.4 Å². The molecule has 1 fully saturated rings. The van der Waals surface area contributed by atoms with Gasteiger partial charge in [0.2, 0.25) is 0 Å². The van der Waals surface area contributed by atoms with E-state index in [-0.39, 0.29) is 5.54 Å². The van der Waals surface area contributed by atoms with Crippen molar-refractivity contribution in [3.05, 3.63) is 29.8 Å². The molecule has 3 nitrogen and oxygen atoms in total. The van der Waals surface area contributed by atoms with Gasteiger partial charge in [-0.25, -0.2) is 0 Å². The van der Waals surface area contributed by atoms with Crippen LogP contribution in [0.1, 0.15) is 12.0 Å². The molecule has 0 aromatic heterocycles. The van der Waals surface area contributed by atoms with Gasteiger partial charge in [0.15, 0.2) is 0 Å². The van der Waals surface area contributed by atoms with Crippen molar-refractivity contribution in [2.45, 2.75) is 18.9 Å². The maximum atomic E-state index is 5.92. The summed E-state index contributed by atoms with van der Waals surface area (Å²) in [7, 11) is 2.10. The van der Waals surface area contributed by atoms with Crippen molar-refractivity contribution in [2.24, 2.45) is 5.73 Å². The van der Waals surface area contributed by atoms with Crippen LogP contribution in [0, 0.1) is 6.92 Å². The number of aryl methyl sites for hydroxylation is 1. The molecule has 1 atom stereocenters. The summed E-state index contributed by atoms with van der Waals surface area (Å²) in [5.74, 6) is 0. The first-order valence-corrected chi connectivity index (χ1v) is 5.76. The molecule has 1 aromatic rings. The summed E-state index contributed by atoms with van der Waals surface area (Å²) in [6.07, 6.45) is 1.01. The average Bonchev–Trinajstić information content (AvgIpc) is 2.79. The van der Waals surface area contributed by atoms with Crippen molar-refractivity contribution in [3.63, 3.8) is 0 Å². The highest BCUT2D eigenvalue weighted by Crippen LogP contribution is 2.29. The lowest BCUT2D eigenvalue weighted by molar-refractivity contribution is 0.178. The standard InChI is InChI=1S/C13H20N2O/c1-11-3-5-12(6-4-11)15(2)13(9-14)7-8-16-10-13/h3-6H,7-10,14H2,1-2H3. The Kier molecular flexibility index (Phi) is 3.17. The van der Waals surface area contributed by atoms with Gasteiger partial charge in [0.25, 0.3) is 0 Å². The lowest BCUT2D eigenvalue weighted by Gasteiger charge is -2.38. The Morgan fingerprint density at radius 1 is 1.38 bits per heavy atom. The predicted octanol–water partition coefficient (Wildman–Crippen LogP) is 1.55. The van der Waals surface area contributed by atoms with Crippen LogP contribution in [0.25, 0.3) is 0 Å². The van der Waals surface area contributed by atoms with Crippen molar-refractivity contribution in [1.82, 2.24) is 0 Å². The molecule has 1 aromatic carbocycles. The summed E-state index contributed by atoms with van der Waals surface area (Å²) in [6, 6.07) is 8.55. The van der Waals surface area contributed by atoms with Crippen LogP contribution in [-0.4, -0.2) is 32.3 Å². The minimum atomic E-state index is -0.0186. The zero-order valence-electron chi connectivity index (χ0n) is 10.1. The molecule has 16 heavy (non-hydrogen) atoms. The lowest BCUT2D eigenvalue weighted by Crippen LogP contribution is -2.53. The van der Waals surface area contributed by atoms with Gasteiger partial charge in [-0.2, -0.15) is 0 Å². The van der Waals surface area contributed by atoms with Crippen LogP contribution in [0.15, 0.2) is 24.3 Å². The Morgan fingerprint density at radius 2 is 2.06 bits per heavy atom. The van der Waals surface area contributed by atoms with Crippen molar-refractivity contribution in [3.8, 4) is 0 Å². The molecule has 0 aliphatic carbocycles. The first-order valence-electron chi connectivity index (χ1n) is 5.76. The number of ether oxygens (including phenoxy) is 1. The largest absolute Gasteiger partial charge is 0.379 e. The van der Waals surface area contributed by atoms with Gasteiger partial charge in [-0.15, -0.1) is 0 Å². The Morgan fingerprint density at radius 3 is 2.56 bits per heavy atom. The molecule has 2 rings (SSSR count). The molecule has 0 amide bonds. The van der Waals surface area contributed by atoms with E-state index in [4.69, 9.17) is 10.5 Å². The Balaban J connectivity index is 2.23. The molecular formula is C13H20N2O. The van der Waals surface area contributed by atoms with E-state index in [0.29, 0.717) is 6.54 Å². The average molecular weight is 220 g/mol. The SMILES string of the molecule is Cc1ccc(N(C)C2(CN)CCOC2)cc1. The molecule has 2 N–H and O–H groups in total. The van der Waals surface area contributed by atoms with E-state index in [1.807, 2.05) is 0 Å². The second-order valence-electron chi connectivity index (χ2n) is 4.63. The van der Waals surface area contributed by atoms with Gasteiger partial charge >= 0.3 is 0 Å². The summed E-state index contributed by atoms with van der Waals surface area (Å²) >= 11 is 0. The molecule has 3 heteroatoms. The predicted molar refractivity (Wildman–Crippen MR) is 66.8 cm³/mol. The third kappa shape index (κ3) is 1.93. The number of hydrogen-bond donors (Lipinski definition) is 1. The van der Waals surface area contributed by atoms with Crippen molar-refractivity contribution < 1.29 is 4.74 Å². The highest BCUT2D eigenvalue weighted by atomic mass is 16.5. The highest BCUT2D eigenvalue weighted by molar-refractivity contribution is 5.49. The van der Waals surface area contributed by atoms with Crippen LogP contribution < -0.4 is 10.6 Å². The van der Waals surface area contributed by atoms with Gasteiger partial charge in [-0.3, -0.25) is 0 Å². The van der Waals surface area contributed by atoms with Gasteiger partial charge in [0.1, 0.15) is 0 Å². The monoisotopic (exact) mass is 220 g/mol. The van der Waals surface area contributed by atoms with Crippen LogP contribution in [0.3, 0.4) is 0 Å². The summed E-state index contributed by atoms with van der Waals surface area (Å²) in [5, 5.41) is 0. The fourth-order valence-electron chi connectivity index (χ4n) is 2.20. The number of hydrogen-bond acceptors (Lipinski definition) is 3. The van der Waals surface area contributed by atoms with Gasteiger partial charge in [0.05, 0.1) is 12.1 Å². The van der Waals surface area contributed by atoms with Crippen molar-refractivity contribution in [1.29, 1.82) is 0 Å². The fourth-order valence-corrected chi connectivity index (χ4v) is 2.20. The molecule has 88 valence electrons. The molecule has 0 spiro atoms. The van der Waals surface area contributed by atoms with E-state index in [2.05, 4.69) is 43.1 Å². The molecule has 1 heterocycles. The van der Waals surface area contributed by atoms with Crippen LogP contribution in [0.4, 0.5) is 5.69 Å². The zero-order valence-corrected chi connectivity index (χ0v) is 10.1. The smallest absolute Gasteiger partial charge is 0.0775 e. The van der Waals surface area contributed by atoms with E-state index >= 15 is 0 Å². The molecule has 1 aliphatic rings. The number of nitrogens with two attached hydrogens (primary N) is 1. The van der Waals surface area contributed by atoms with E-state index in [1.165, 1.54) is 11.3 Å². The Bertz CT molecular complexity index is 341. The maximum Gasteiger partial charge on any atom is 0.0775 e. The van der Waals surface area contributed by atoms with E-state index in [1.54, 1.807) is 0 Å². The van der Waals surface area contributed by atoms with Gasteiger partial charge in [0, 0.05) is 25.9 Å². The lowest BCUT2D eigenvalue weighted by atomic mass is 9.96. The Labute approximate surface area is 97.2 Å². The first kappa shape index (κ1) is 11.4. The van der Waals surface area contributed by atoms with E-state index in [0.717, 1.165) is 19.6 Å². The number of likely N-dealkylation sites (N-methyl/N-ethyl adjacent to an activating group) is 1. The minimum absolute atomic E-state index is 0.0186. The van der Waals surface area contributed by atoms with Gasteiger partial charge in [-0.1, -0.05) is 17.7 Å². The maximum absolute atomic E-state index is 5.92. The molecule has 1 aliphatic heterocycles. The summed E-state index contributed by atoms with van der Waals surface area (Å²) < 4.78 is 5.50. The first-order chi connectivity index (χ1) is 7.68. The van der Waals surface area contributed by atoms with Gasteiger partial charge in [-0.05, 0) is 25.5 Å². The zero-order chi connectivity index (χ0) is 11.6. The number of benzene rings is 1. The Hall–Kier alpha value is -1.06. The van der Waals surface area contributed by atoms with Crippen LogP contribution in [0.2, 0.25) is 0 Å². The van der Waals surface area contributed by atoms with Crippen LogP contribution in [-0.2, 0) is 4.74 Å². The molecule has 0 bridgehead atoms. The summed E-state index contributed by atoms with van der Waals surface area (Å²) in [6.45, 7) is 4.28. The molecule has 0 radical (unpaired) electrons. The number of anilines is 1. The fraction of sp³-hybridized carbons (Fsp3) is 0.538.